The Kier molecular flexibility index (Phi) is 2.61. The highest BCUT2D eigenvalue weighted by Gasteiger charge is 2.29. The molecule has 2 aromatic rings. The smallest absolute Gasteiger partial charge is 0.284 e. The summed E-state index contributed by atoms with van der Waals surface area (Å²) < 4.78 is 27.9. The molecule has 0 fully saturated rings. The van der Waals surface area contributed by atoms with Crippen LogP contribution in [0.15, 0.2) is 37.9 Å². The molecule has 0 bridgehead atoms. The standard InChI is InChI=1S/C9H6N4O2S3/c10-8-11-12-9(17-8)16-7-5-3-1-2-4-6(5)18(14,15)13-7/h1-4H,(H2,10,11). The van der Waals surface area contributed by atoms with Crippen LogP contribution in [-0.2, 0) is 10.0 Å². The second-order valence-corrected chi connectivity index (χ2v) is 7.19. The van der Waals surface area contributed by atoms with E-state index in [1.807, 2.05) is 0 Å². The quantitative estimate of drug-likeness (QED) is 0.853. The molecule has 2 N–H and O–H groups in total. The van der Waals surface area contributed by atoms with Gasteiger partial charge in [-0.25, -0.2) is 0 Å². The van der Waals surface area contributed by atoms with E-state index >= 15 is 0 Å². The van der Waals surface area contributed by atoms with E-state index in [0.717, 1.165) is 11.8 Å². The van der Waals surface area contributed by atoms with Crippen molar-refractivity contribution in [2.45, 2.75) is 9.24 Å². The lowest BCUT2D eigenvalue weighted by molar-refractivity contribution is 0.599. The molecule has 3 rings (SSSR count). The first-order valence-electron chi connectivity index (χ1n) is 4.77. The van der Waals surface area contributed by atoms with Gasteiger partial charge in [-0.15, -0.1) is 10.2 Å². The minimum atomic E-state index is -3.58. The first-order valence-corrected chi connectivity index (χ1v) is 7.85. The zero-order chi connectivity index (χ0) is 12.8. The van der Waals surface area contributed by atoms with Crippen molar-refractivity contribution in [1.29, 1.82) is 0 Å². The SMILES string of the molecule is Nc1nnc(SC2=NS(=O)(=O)c3ccccc32)s1. The van der Waals surface area contributed by atoms with Crippen LogP contribution in [0.3, 0.4) is 0 Å². The molecule has 1 aliphatic heterocycles. The van der Waals surface area contributed by atoms with Crippen LogP contribution in [0.1, 0.15) is 5.56 Å². The van der Waals surface area contributed by atoms with Crippen molar-refractivity contribution in [2.24, 2.45) is 4.40 Å². The highest BCUT2D eigenvalue weighted by atomic mass is 32.2. The molecule has 0 aliphatic carbocycles. The summed E-state index contributed by atoms with van der Waals surface area (Å²) in [6.45, 7) is 0. The average Bonchev–Trinajstić information content (AvgIpc) is 2.83. The predicted octanol–water partition coefficient (Wildman–Crippen LogP) is 1.36. The van der Waals surface area contributed by atoms with Crippen LogP contribution in [-0.4, -0.2) is 23.7 Å². The van der Waals surface area contributed by atoms with E-state index < -0.39 is 10.0 Å². The molecule has 1 aromatic carbocycles. The second kappa shape index (κ2) is 4.04. The van der Waals surface area contributed by atoms with E-state index in [9.17, 15) is 8.42 Å². The van der Waals surface area contributed by atoms with Crippen LogP contribution in [0, 0.1) is 0 Å². The van der Waals surface area contributed by atoms with Gasteiger partial charge in [-0.05, 0) is 17.8 Å². The monoisotopic (exact) mass is 298 g/mol. The molecule has 9 heteroatoms. The molecule has 18 heavy (non-hydrogen) atoms. The maximum Gasteiger partial charge on any atom is 0.284 e. The van der Waals surface area contributed by atoms with Gasteiger partial charge in [0.2, 0.25) is 5.13 Å². The van der Waals surface area contributed by atoms with E-state index in [2.05, 4.69) is 14.6 Å². The van der Waals surface area contributed by atoms with Crippen LogP contribution in [0.2, 0.25) is 0 Å². The van der Waals surface area contributed by atoms with Gasteiger partial charge in [0.05, 0.1) is 4.90 Å². The summed E-state index contributed by atoms with van der Waals surface area (Å²) >= 11 is 2.35. The van der Waals surface area contributed by atoms with Crippen LogP contribution < -0.4 is 5.73 Å². The Balaban J connectivity index is 2.04. The number of anilines is 1. The molecule has 1 aliphatic rings. The van der Waals surface area contributed by atoms with Crippen LogP contribution in [0.5, 0.6) is 0 Å². The van der Waals surface area contributed by atoms with Gasteiger partial charge in [0, 0.05) is 5.56 Å². The summed E-state index contributed by atoms with van der Waals surface area (Å²) in [4.78, 5) is 0.227. The number of aromatic nitrogens is 2. The Hall–Kier alpha value is -1.45. The number of hydrogen-bond donors (Lipinski definition) is 1. The van der Waals surface area contributed by atoms with Gasteiger partial charge in [-0.2, -0.15) is 12.8 Å². The van der Waals surface area contributed by atoms with E-state index in [-0.39, 0.29) is 4.90 Å². The number of fused-ring (bicyclic) bond motifs is 1. The number of nitrogens with zero attached hydrogens (tertiary/aromatic N) is 3. The van der Waals surface area contributed by atoms with Gasteiger partial charge in [0.15, 0.2) is 4.34 Å². The van der Waals surface area contributed by atoms with Gasteiger partial charge in [0.25, 0.3) is 10.0 Å². The third kappa shape index (κ3) is 1.89. The Bertz CT molecular complexity index is 751. The maximum absolute atomic E-state index is 11.8. The first-order chi connectivity index (χ1) is 8.56. The molecule has 1 aromatic heterocycles. The number of sulfonamides is 1. The van der Waals surface area contributed by atoms with Crippen LogP contribution in [0.4, 0.5) is 5.13 Å². The molecule has 2 heterocycles. The second-order valence-electron chi connectivity index (χ2n) is 3.38. The fraction of sp³-hybridized carbons (Fsp3) is 0. The first kappa shape index (κ1) is 11.6. The van der Waals surface area contributed by atoms with Crippen molar-refractivity contribution in [3.63, 3.8) is 0 Å². The third-order valence-corrected chi connectivity index (χ3v) is 5.46. The summed E-state index contributed by atoms with van der Waals surface area (Å²) in [7, 11) is -3.58. The summed E-state index contributed by atoms with van der Waals surface area (Å²) in [6.07, 6.45) is 0. The molecular weight excluding hydrogens is 292 g/mol. The van der Waals surface area contributed by atoms with Crippen LogP contribution >= 0.6 is 23.1 Å². The normalized spacial score (nSPS) is 16.3. The van der Waals surface area contributed by atoms with Crippen molar-refractivity contribution in [3.8, 4) is 0 Å². The van der Waals surface area contributed by atoms with E-state index in [0.29, 0.717) is 20.1 Å². The molecule has 6 nitrogen and oxygen atoms in total. The Morgan fingerprint density at radius 3 is 2.72 bits per heavy atom. The Morgan fingerprint density at radius 2 is 2.00 bits per heavy atom. The zero-order valence-corrected chi connectivity index (χ0v) is 11.2. The number of nitrogens with two attached hydrogens (primary N) is 1. The lowest BCUT2D eigenvalue weighted by atomic mass is 10.2. The number of nitrogen functional groups attached to an aromatic ring is 1. The van der Waals surface area contributed by atoms with Crippen molar-refractivity contribution >= 4 is 43.3 Å². The van der Waals surface area contributed by atoms with Crippen molar-refractivity contribution < 1.29 is 8.42 Å². The van der Waals surface area contributed by atoms with Crippen molar-refractivity contribution in [3.05, 3.63) is 29.8 Å². The lowest BCUT2D eigenvalue weighted by Crippen LogP contribution is -1.93. The third-order valence-electron chi connectivity index (χ3n) is 2.20. The predicted molar refractivity (Wildman–Crippen MR) is 70.3 cm³/mol. The number of rotatable bonds is 1. The summed E-state index contributed by atoms with van der Waals surface area (Å²) in [6, 6.07) is 6.69. The minimum absolute atomic E-state index is 0.227. The molecule has 0 amide bonds. The summed E-state index contributed by atoms with van der Waals surface area (Å²) in [5.74, 6) is 0. The van der Waals surface area contributed by atoms with E-state index in [1.54, 1.807) is 18.2 Å². The fourth-order valence-corrected chi connectivity index (χ4v) is 4.65. The maximum atomic E-state index is 11.8. The molecule has 0 radical (unpaired) electrons. The van der Waals surface area contributed by atoms with E-state index in [4.69, 9.17) is 5.73 Å². The average molecular weight is 298 g/mol. The molecule has 0 unspecified atom stereocenters. The number of thioether (sulfide) groups is 1. The highest BCUT2D eigenvalue weighted by Crippen LogP contribution is 2.35. The van der Waals surface area contributed by atoms with Gasteiger partial charge in [-0.3, -0.25) is 0 Å². The molecule has 0 saturated carbocycles. The molecular formula is C9H6N4O2S3. The molecule has 92 valence electrons. The fourth-order valence-electron chi connectivity index (χ4n) is 1.49. The number of benzene rings is 1. The topological polar surface area (TPSA) is 98.3 Å². The Labute approximate surface area is 111 Å². The number of hydrogen-bond acceptors (Lipinski definition) is 7. The Morgan fingerprint density at radius 1 is 1.22 bits per heavy atom. The summed E-state index contributed by atoms with van der Waals surface area (Å²) in [5.41, 5.74) is 6.07. The highest BCUT2D eigenvalue weighted by molar-refractivity contribution is 8.16. The zero-order valence-electron chi connectivity index (χ0n) is 8.77. The molecule has 0 atom stereocenters. The van der Waals surface area contributed by atoms with E-state index in [1.165, 1.54) is 17.4 Å². The summed E-state index contributed by atoms with van der Waals surface area (Å²) in [5, 5.41) is 8.25. The molecule has 0 spiro atoms. The van der Waals surface area contributed by atoms with Crippen molar-refractivity contribution in [2.75, 3.05) is 5.73 Å². The lowest BCUT2D eigenvalue weighted by Gasteiger charge is -1.97. The molecule has 0 saturated heterocycles. The largest absolute Gasteiger partial charge is 0.374 e. The van der Waals surface area contributed by atoms with Crippen molar-refractivity contribution in [1.82, 2.24) is 10.2 Å². The van der Waals surface area contributed by atoms with Gasteiger partial charge < -0.3 is 5.73 Å². The van der Waals surface area contributed by atoms with Gasteiger partial charge >= 0.3 is 0 Å². The van der Waals surface area contributed by atoms with Gasteiger partial charge in [-0.1, -0.05) is 29.5 Å². The minimum Gasteiger partial charge on any atom is -0.374 e. The van der Waals surface area contributed by atoms with Crippen LogP contribution in [0.25, 0.3) is 0 Å². The van der Waals surface area contributed by atoms with Gasteiger partial charge in [0.1, 0.15) is 5.04 Å².